The maximum atomic E-state index is 12.9. The van der Waals surface area contributed by atoms with Crippen LogP contribution in [0.1, 0.15) is 38.6 Å². The average Bonchev–Trinajstić information content (AvgIpc) is 2.79. The first kappa shape index (κ1) is 21.6. The third kappa shape index (κ3) is 4.74. The molecule has 160 valence electrons. The summed E-state index contributed by atoms with van der Waals surface area (Å²) in [6.07, 6.45) is 0.835. The Bertz CT molecular complexity index is 897. The van der Waals surface area contributed by atoms with Crippen molar-refractivity contribution in [3.8, 4) is 11.5 Å². The van der Waals surface area contributed by atoms with Gasteiger partial charge in [0.1, 0.15) is 0 Å². The van der Waals surface area contributed by atoms with Gasteiger partial charge >= 0.3 is 5.97 Å². The van der Waals surface area contributed by atoms with E-state index in [1.807, 2.05) is 18.2 Å². The number of likely N-dealkylation sites (N-methyl/N-ethyl adjacent to an activating group) is 1. The highest BCUT2D eigenvalue weighted by Gasteiger charge is 2.31. The van der Waals surface area contributed by atoms with E-state index in [9.17, 15) is 9.59 Å². The number of likely N-dealkylation sites (tertiary alicyclic amines) is 1. The van der Waals surface area contributed by atoms with E-state index in [2.05, 4.69) is 17.3 Å². The molecule has 30 heavy (non-hydrogen) atoms. The molecule has 0 spiro atoms. The molecule has 2 aromatic carbocycles. The lowest BCUT2D eigenvalue weighted by atomic mass is 9.85. The molecule has 0 unspecified atom stereocenters. The summed E-state index contributed by atoms with van der Waals surface area (Å²) in [5.41, 5.74) is 2.01. The molecule has 0 aliphatic carbocycles. The molecule has 0 aromatic heterocycles. The van der Waals surface area contributed by atoms with Crippen molar-refractivity contribution in [3.63, 3.8) is 0 Å². The van der Waals surface area contributed by atoms with Crippen molar-refractivity contribution in [3.05, 3.63) is 59.2 Å². The van der Waals surface area contributed by atoms with Crippen LogP contribution in [0.15, 0.2) is 42.5 Å². The molecule has 0 saturated carbocycles. The SMILES string of the molecule is COC(=O)c1ccc(C(=O)N[C@H]2CCN(C)C[C@H]2c2ccc(OC)c(OC)c2)cc1. The second kappa shape index (κ2) is 9.63. The lowest BCUT2D eigenvalue weighted by molar-refractivity contribution is 0.0600. The maximum Gasteiger partial charge on any atom is 0.337 e. The van der Waals surface area contributed by atoms with Crippen LogP contribution in [0.25, 0.3) is 0 Å². The Morgan fingerprint density at radius 2 is 1.63 bits per heavy atom. The molecule has 3 rings (SSSR count). The number of hydrogen-bond donors (Lipinski definition) is 1. The highest BCUT2D eigenvalue weighted by atomic mass is 16.5. The predicted molar refractivity (Wildman–Crippen MR) is 113 cm³/mol. The molecular formula is C23H28N2O5. The van der Waals surface area contributed by atoms with Crippen LogP contribution in [0, 0.1) is 0 Å². The molecular weight excluding hydrogens is 384 g/mol. The third-order valence-corrected chi connectivity index (χ3v) is 5.54. The lowest BCUT2D eigenvalue weighted by Gasteiger charge is -2.37. The Balaban J connectivity index is 1.79. The summed E-state index contributed by atoms with van der Waals surface area (Å²) in [6, 6.07) is 12.4. The average molecular weight is 412 g/mol. The van der Waals surface area contributed by atoms with Gasteiger partial charge in [0.25, 0.3) is 5.91 Å². The van der Waals surface area contributed by atoms with E-state index in [0.29, 0.717) is 22.6 Å². The molecule has 7 heteroatoms. The van der Waals surface area contributed by atoms with Gasteiger partial charge in [-0.05, 0) is 62.0 Å². The second-order valence-corrected chi connectivity index (χ2v) is 7.42. The summed E-state index contributed by atoms with van der Waals surface area (Å²) in [4.78, 5) is 26.7. The molecule has 1 aliphatic rings. The molecule has 2 aromatic rings. The number of carbonyl (C=O) groups excluding carboxylic acids is 2. The fourth-order valence-corrected chi connectivity index (χ4v) is 3.84. The number of amides is 1. The molecule has 0 radical (unpaired) electrons. The molecule has 7 nitrogen and oxygen atoms in total. The standard InChI is InChI=1S/C23H28N2O5/c1-25-12-11-19(18(14-25)17-9-10-20(28-2)21(13-17)29-3)24-22(26)15-5-7-16(8-6-15)23(27)30-4/h5-10,13,18-19H,11-12,14H2,1-4H3,(H,24,26)/t18-,19-/m0/s1. The summed E-state index contributed by atoms with van der Waals surface area (Å²) in [5, 5.41) is 3.18. The monoisotopic (exact) mass is 412 g/mol. The third-order valence-electron chi connectivity index (χ3n) is 5.54. The minimum absolute atomic E-state index is 0.0212. The molecule has 1 aliphatic heterocycles. The maximum absolute atomic E-state index is 12.9. The largest absolute Gasteiger partial charge is 0.493 e. The molecule has 2 atom stereocenters. The molecule has 1 amide bonds. The van der Waals surface area contributed by atoms with E-state index in [4.69, 9.17) is 14.2 Å². The quantitative estimate of drug-likeness (QED) is 0.735. The van der Waals surface area contributed by atoms with E-state index < -0.39 is 5.97 Å². The first-order chi connectivity index (χ1) is 14.5. The topological polar surface area (TPSA) is 77.1 Å². The van der Waals surface area contributed by atoms with E-state index in [1.165, 1.54) is 7.11 Å². The van der Waals surface area contributed by atoms with Crippen molar-refractivity contribution in [1.82, 2.24) is 10.2 Å². The Hall–Kier alpha value is -3.06. The number of esters is 1. The van der Waals surface area contributed by atoms with Gasteiger partial charge in [-0.2, -0.15) is 0 Å². The number of benzene rings is 2. The fourth-order valence-electron chi connectivity index (χ4n) is 3.84. The number of ether oxygens (including phenoxy) is 3. The summed E-state index contributed by atoms with van der Waals surface area (Å²) >= 11 is 0. The number of nitrogens with zero attached hydrogens (tertiary/aromatic N) is 1. The van der Waals surface area contributed by atoms with Gasteiger partial charge in [0, 0.05) is 24.1 Å². The minimum atomic E-state index is -0.425. The number of methoxy groups -OCH3 is 3. The summed E-state index contributed by atoms with van der Waals surface area (Å²) < 4.78 is 15.5. The van der Waals surface area contributed by atoms with Crippen LogP contribution in [-0.2, 0) is 4.74 Å². The van der Waals surface area contributed by atoms with Gasteiger partial charge in [-0.25, -0.2) is 4.79 Å². The van der Waals surface area contributed by atoms with Crippen molar-refractivity contribution in [2.45, 2.75) is 18.4 Å². The van der Waals surface area contributed by atoms with Gasteiger partial charge in [-0.3, -0.25) is 4.79 Å². The number of carbonyl (C=O) groups is 2. The fraction of sp³-hybridized carbons (Fsp3) is 0.391. The Kier molecular flexibility index (Phi) is 6.95. The first-order valence-corrected chi connectivity index (χ1v) is 9.86. The Morgan fingerprint density at radius 3 is 2.27 bits per heavy atom. The van der Waals surface area contributed by atoms with Crippen molar-refractivity contribution >= 4 is 11.9 Å². The van der Waals surface area contributed by atoms with E-state index in [-0.39, 0.29) is 17.9 Å². The van der Waals surface area contributed by atoms with E-state index in [1.54, 1.807) is 38.5 Å². The highest BCUT2D eigenvalue weighted by molar-refractivity contribution is 5.96. The summed E-state index contributed by atoms with van der Waals surface area (Å²) in [5.74, 6) is 0.877. The summed E-state index contributed by atoms with van der Waals surface area (Å²) in [7, 11) is 6.64. The van der Waals surface area contributed by atoms with Gasteiger partial charge in [-0.1, -0.05) is 6.07 Å². The molecule has 1 heterocycles. The molecule has 1 fully saturated rings. The number of nitrogens with one attached hydrogen (secondary N) is 1. The van der Waals surface area contributed by atoms with Gasteiger partial charge in [0.2, 0.25) is 0 Å². The zero-order chi connectivity index (χ0) is 21.7. The van der Waals surface area contributed by atoms with Crippen molar-refractivity contribution in [1.29, 1.82) is 0 Å². The first-order valence-electron chi connectivity index (χ1n) is 9.86. The van der Waals surface area contributed by atoms with Crippen LogP contribution in [0.3, 0.4) is 0 Å². The number of rotatable bonds is 6. The second-order valence-electron chi connectivity index (χ2n) is 7.42. The smallest absolute Gasteiger partial charge is 0.337 e. The van der Waals surface area contributed by atoms with E-state index >= 15 is 0 Å². The number of piperidine rings is 1. The highest BCUT2D eigenvalue weighted by Crippen LogP contribution is 2.34. The lowest BCUT2D eigenvalue weighted by Crippen LogP contribution is -2.48. The molecule has 0 bridgehead atoms. The van der Waals surface area contributed by atoms with Crippen LogP contribution >= 0.6 is 0 Å². The van der Waals surface area contributed by atoms with Crippen LogP contribution in [0.2, 0.25) is 0 Å². The Morgan fingerprint density at radius 1 is 0.967 bits per heavy atom. The predicted octanol–water partition coefficient (Wildman–Crippen LogP) is 2.71. The zero-order valence-corrected chi connectivity index (χ0v) is 17.8. The van der Waals surface area contributed by atoms with Crippen LogP contribution in [-0.4, -0.2) is 64.3 Å². The zero-order valence-electron chi connectivity index (χ0n) is 17.8. The van der Waals surface area contributed by atoms with Crippen molar-refractivity contribution in [2.24, 2.45) is 0 Å². The Labute approximate surface area is 176 Å². The van der Waals surface area contributed by atoms with Gasteiger partial charge in [0.05, 0.1) is 26.9 Å². The van der Waals surface area contributed by atoms with Crippen LogP contribution in [0.5, 0.6) is 11.5 Å². The summed E-state index contributed by atoms with van der Waals surface area (Å²) in [6.45, 7) is 1.72. The molecule has 1 saturated heterocycles. The van der Waals surface area contributed by atoms with Gasteiger partial charge < -0.3 is 24.4 Å². The van der Waals surface area contributed by atoms with Crippen LogP contribution in [0.4, 0.5) is 0 Å². The van der Waals surface area contributed by atoms with E-state index in [0.717, 1.165) is 25.1 Å². The molecule has 1 N–H and O–H groups in total. The van der Waals surface area contributed by atoms with Crippen molar-refractivity contribution in [2.75, 3.05) is 41.5 Å². The van der Waals surface area contributed by atoms with Gasteiger partial charge in [0.15, 0.2) is 11.5 Å². The van der Waals surface area contributed by atoms with Crippen molar-refractivity contribution < 1.29 is 23.8 Å². The minimum Gasteiger partial charge on any atom is -0.493 e. The number of hydrogen-bond acceptors (Lipinski definition) is 6. The van der Waals surface area contributed by atoms with Crippen LogP contribution < -0.4 is 14.8 Å². The van der Waals surface area contributed by atoms with Gasteiger partial charge in [-0.15, -0.1) is 0 Å². The normalized spacial score (nSPS) is 19.1.